The zero-order valence-corrected chi connectivity index (χ0v) is 14.4. The topological polar surface area (TPSA) is 79.2 Å². The minimum atomic E-state index is -1.27. The molecule has 2 rings (SSSR count). The number of nitriles is 1. The second kappa shape index (κ2) is 8.23. The average molecular weight is 334 g/mol. The van der Waals surface area contributed by atoms with Gasteiger partial charge in [0.1, 0.15) is 0 Å². The predicted octanol–water partition coefficient (Wildman–Crippen LogP) is 2.35. The largest absolute Gasteiger partial charge is 0.385 e. The quantitative estimate of drug-likeness (QED) is 0.471. The van der Waals surface area contributed by atoms with E-state index in [9.17, 15) is 14.9 Å². The van der Waals surface area contributed by atoms with Crippen molar-refractivity contribution in [3.63, 3.8) is 0 Å². The van der Waals surface area contributed by atoms with E-state index in [4.69, 9.17) is 4.74 Å². The van der Waals surface area contributed by atoms with Crippen LogP contribution in [-0.4, -0.2) is 32.0 Å². The lowest BCUT2D eigenvalue weighted by Crippen LogP contribution is -2.35. The molecular weight excluding hydrogens is 312 g/mol. The van der Waals surface area contributed by atoms with Crippen LogP contribution in [0.2, 0.25) is 0 Å². The van der Waals surface area contributed by atoms with Gasteiger partial charge in [-0.1, -0.05) is 6.92 Å². The molecule has 5 nitrogen and oxygen atoms in total. The fourth-order valence-electron chi connectivity index (χ4n) is 2.74. The number of ketones is 1. The molecule has 1 amide bonds. The van der Waals surface area contributed by atoms with E-state index in [1.165, 1.54) is 21.8 Å². The highest BCUT2D eigenvalue weighted by molar-refractivity contribution is 7.14. The van der Waals surface area contributed by atoms with Crippen molar-refractivity contribution in [2.24, 2.45) is 11.8 Å². The molecule has 0 saturated carbocycles. The first-order valence-corrected chi connectivity index (χ1v) is 8.70. The van der Waals surface area contributed by atoms with Gasteiger partial charge >= 0.3 is 0 Å². The molecular formula is C17H22N2O3S. The van der Waals surface area contributed by atoms with Crippen molar-refractivity contribution in [2.75, 3.05) is 20.3 Å². The molecule has 0 unspecified atom stereocenters. The van der Waals surface area contributed by atoms with E-state index < -0.39 is 11.8 Å². The smallest absolute Gasteiger partial charge is 0.245 e. The summed E-state index contributed by atoms with van der Waals surface area (Å²) in [5.41, 5.74) is 1.20. The summed E-state index contributed by atoms with van der Waals surface area (Å²) in [5, 5.41) is 11.9. The van der Waals surface area contributed by atoms with Crippen LogP contribution in [0.15, 0.2) is 6.07 Å². The number of carbonyl (C=O) groups excluding carboxylic acids is 2. The predicted molar refractivity (Wildman–Crippen MR) is 88.4 cm³/mol. The monoisotopic (exact) mass is 334 g/mol. The molecule has 0 aliphatic heterocycles. The Hall–Kier alpha value is -1.71. The van der Waals surface area contributed by atoms with Crippen molar-refractivity contribution < 1.29 is 14.3 Å². The maximum atomic E-state index is 12.5. The molecule has 1 aliphatic carbocycles. The van der Waals surface area contributed by atoms with Gasteiger partial charge in [-0.05, 0) is 43.2 Å². The molecule has 1 heterocycles. The minimum absolute atomic E-state index is 0.385. The Morgan fingerprint density at radius 2 is 2.35 bits per heavy atom. The van der Waals surface area contributed by atoms with E-state index in [0.29, 0.717) is 30.4 Å². The van der Waals surface area contributed by atoms with Gasteiger partial charge in [-0.2, -0.15) is 5.26 Å². The van der Waals surface area contributed by atoms with Crippen LogP contribution in [0.5, 0.6) is 0 Å². The van der Waals surface area contributed by atoms with Gasteiger partial charge in [0.15, 0.2) is 11.7 Å². The summed E-state index contributed by atoms with van der Waals surface area (Å²) < 4.78 is 4.90. The van der Waals surface area contributed by atoms with Crippen molar-refractivity contribution in [1.29, 1.82) is 5.26 Å². The number of ether oxygens (including phenoxy) is 1. The van der Waals surface area contributed by atoms with Crippen LogP contribution >= 0.6 is 11.3 Å². The molecule has 0 spiro atoms. The first-order chi connectivity index (χ1) is 11.1. The number of carbonyl (C=O) groups is 2. The van der Waals surface area contributed by atoms with Gasteiger partial charge in [0.2, 0.25) is 5.91 Å². The van der Waals surface area contributed by atoms with Crippen LogP contribution in [0.25, 0.3) is 0 Å². The van der Waals surface area contributed by atoms with Crippen molar-refractivity contribution >= 4 is 23.0 Å². The highest BCUT2D eigenvalue weighted by atomic mass is 32.1. The molecule has 0 saturated heterocycles. The van der Waals surface area contributed by atoms with Crippen LogP contribution in [0.3, 0.4) is 0 Å². The lowest BCUT2D eigenvalue weighted by atomic mass is 9.89. The summed E-state index contributed by atoms with van der Waals surface area (Å²) in [7, 11) is 1.59. The number of hydrogen-bond donors (Lipinski definition) is 1. The van der Waals surface area contributed by atoms with Crippen molar-refractivity contribution in [2.45, 2.75) is 32.6 Å². The fourth-order valence-corrected chi connectivity index (χ4v) is 3.91. The number of rotatable bonds is 7. The molecule has 0 fully saturated rings. The third kappa shape index (κ3) is 4.40. The van der Waals surface area contributed by atoms with Gasteiger partial charge in [-0.25, -0.2) is 0 Å². The number of aryl methyl sites for hydroxylation is 1. The summed E-state index contributed by atoms with van der Waals surface area (Å²) in [5.74, 6) is -1.55. The van der Waals surface area contributed by atoms with Gasteiger partial charge < -0.3 is 10.1 Å². The van der Waals surface area contributed by atoms with Gasteiger partial charge in [-0.15, -0.1) is 11.3 Å². The third-order valence-corrected chi connectivity index (χ3v) is 5.30. The number of amides is 1. The molecule has 2 atom stereocenters. The zero-order valence-electron chi connectivity index (χ0n) is 13.6. The Labute approximate surface area is 140 Å². The van der Waals surface area contributed by atoms with Crippen LogP contribution in [-0.2, 0) is 22.4 Å². The lowest BCUT2D eigenvalue weighted by molar-refractivity contribution is -0.122. The van der Waals surface area contributed by atoms with E-state index in [2.05, 4.69) is 12.2 Å². The van der Waals surface area contributed by atoms with E-state index in [-0.39, 0.29) is 5.78 Å². The van der Waals surface area contributed by atoms with Crippen LogP contribution in [0.4, 0.5) is 0 Å². The molecule has 1 aromatic heterocycles. The van der Waals surface area contributed by atoms with Crippen LogP contribution < -0.4 is 5.32 Å². The lowest BCUT2D eigenvalue weighted by Gasteiger charge is -2.16. The van der Waals surface area contributed by atoms with Gasteiger partial charge in [0, 0.05) is 25.1 Å². The summed E-state index contributed by atoms with van der Waals surface area (Å²) in [6, 6.07) is 3.72. The second-order valence-electron chi connectivity index (χ2n) is 5.97. The van der Waals surface area contributed by atoms with E-state index >= 15 is 0 Å². The maximum absolute atomic E-state index is 12.5. The van der Waals surface area contributed by atoms with Crippen molar-refractivity contribution in [3.05, 3.63) is 21.4 Å². The maximum Gasteiger partial charge on any atom is 0.245 e. The summed E-state index contributed by atoms with van der Waals surface area (Å²) >= 11 is 1.44. The van der Waals surface area contributed by atoms with Gasteiger partial charge in [-0.3, -0.25) is 9.59 Å². The first-order valence-electron chi connectivity index (χ1n) is 7.88. The molecule has 1 aromatic rings. The van der Waals surface area contributed by atoms with Gasteiger partial charge in [0.05, 0.1) is 10.9 Å². The van der Waals surface area contributed by atoms with Crippen LogP contribution in [0.1, 0.15) is 39.9 Å². The first kappa shape index (κ1) is 17.6. The molecule has 1 aliphatic rings. The number of fused-ring (bicyclic) bond motifs is 1. The molecule has 0 radical (unpaired) electrons. The number of thiophene rings is 1. The summed E-state index contributed by atoms with van der Waals surface area (Å²) in [6.45, 7) is 3.13. The highest BCUT2D eigenvalue weighted by Crippen LogP contribution is 2.33. The molecule has 124 valence electrons. The molecule has 0 bridgehead atoms. The van der Waals surface area contributed by atoms with E-state index in [1.54, 1.807) is 7.11 Å². The fraction of sp³-hybridized carbons (Fsp3) is 0.588. The van der Waals surface area contributed by atoms with E-state index in [1.807, 2.05) is 12.1 Å². The third-order valence-electron chi connectivity index (χ3n) is 4.05. The normalized spacial score (nSPS) is 17.9. The summed E-state index contributed by atoms with van der Waals surface area (Å²) in [4.78, 5) is 26.3. The molecule has 6 heteroatoms. The molecule has 1 N–H and O–H groups in total. The highest BCUT2D eigenvalue weighted by Gasteiger charge is 2.30. The number of hydrogen-bond acceptors (Lipinski definition) is 5. The zero-order chi connectivity index (χ0) is 16.8. The number of Topliss-reactive ketones (excluding diaryl/α,β-unsaturated/α-hetero) is 1. The SMILES string of the molecule is COCCCNC(=O)[C@H](C#N)C(=O)c1cc2c(s1)CC[C@@H](C)C2. The standard InChI is InChI=1S/C17H22N2O3S/c1-11-4-5-14-12(8-11)9-15(23-14)16(20)13(10-18)17(21)19-6-3-7-22-2/h9,11,13H,3-8H2,1-2H3,(H,19,21)/t11-,13-/m1/s1. The number of nitrogens with zero attached hydrogens (tertiary/aromatic N) is 1. The number of nitrogens with one attached hydrogen (secondary N) is 1. The van der Waals surface area contributed by atoms with Crippen molar-refractivity contribution in [3.8, 4) is 6.07 Å². The Kier molecular flexibility index (Phi) is 6.31. The van der Waals surface area contributed by atoms with Crippen LogP contribution in [0, 0.1) is 23.2 Å². The Morgan fingerprint density at radius 3 is 3.04 bits per heavy atom. The average Bonchev–Trinajstić information content (AvgIpc) is 2.95. The number of methoxy groups -OCH3 is 1. The second-order valence-corrected chi connectivity index (χ2v) is 7.11. The Balaban J connectivity index is 2.02. The Bertz CT molecular complexity index is 618. The van der Waals surface area contributed by atoms with E-state index in [0.717, 1.165) is 19.3 Å². The molecule has 23 heavy (non-hydrogen) atoms. The summed E-state index contributed by atoms with van der Waals surface area (Å²) in [6.07, 6.45) is 3.73. The molecule has 0 aromatic carbocycles. The van der Waals surface area contributed by atoms with Crippen molar-refractivity contribution in [1.82, 2.24) is 5.32 Å². The van der Waals surface area contributed by atoms with Gasteiger partial charge in [0.25, 0.3) is 0 Å². The Morgan fingerprint density at radius 1 is 1.57 bits per heavy atom. The minimum Gasteiger partial charge on any atom is -0.385 e.